The lowest BCUT2D eigenvalue weighted by molar-refractivity contribution is -0.136. The van der Waals surface area contributed by atoms with Crippen LogP contribution in [0.2, 0.25) is 0 Å². The second-order valence-electron chi connectivity index (χ2n) is 3.76. The Morgan fingerprint density at radius 3 is 2.58 bits per heavy atom. The van der Waals surface area contributed by atoms with Crippen molar-refractivity contribution >= 4 is 23.5 Å². The fourth-order valence-corrected chi connectivity index (χ4v) is 1.99. The Labute approximate surface area is 112 Å². The Hall–Kier alpha value is -1.50. The van der Waals surface area contributed by atoms with Crippen molar-refractivity contribution in [3.05, 3.63) is 29.8 Å². The van der Waals surface area contributed by atoms with Crippen LogP contribution in [0.15, 0.2) is 29.2 Å². The number of hydrogen-bond donors (Lipinski definition) is 1. The van der Waals surface area contributed by atoms with Gasteiger partial charge in [0, 0.05) is 10.5 Å². The molecule has 3 nitrogen and oxygen atoms in total. The molecule has 0 aliphatic rings. The zero-order valence-electron chi connectivity index (χ0n) is 10.1. The molecule has 0 atom stereocenters. The third kappa shape index (κ3) is 6.28. The van der Waals surface area contributed by atoms with Crippen LogP contribution in [-0.2, 0) is 4.79 Å². The van der Waals surface area contributed by atoms with Crippen LogP contribution in [0.1, 0.15) is 17.3 Å². The second-order valence-corrected chi connectivity index (χ2v) is 4.81. The van der Waals surface area contributed by atoms with Crippen molar-refractivity contribution in [1.82, 2.24) is 5.32 Å². The molecule has 0 saturated carbocycles. The maximum Gasteiger partial charge on any atom is 0.405 e. The van der Waals surface area contributed by atoms with E-state index in [2.05, 4.69) is 0 Å². The van der Waals surface area contributed by atoms with E-state index in [9.17, 15) is 22.8 Å². The molecule has 7 heteroatoms. The van der Waals surface area contributed by atoms with Gasteiger partial charge in [-0.25, -0.2) is 0 Å². The van der Waals surface area contributed by atoms with Gasteiger partial charge in [0.25, 0.3) is 0 Å². The summed E-state index contributed by atoms with van der Waals surface area (Å²) in [6.45, 7) is 0.0830. The summed E-state index contributed by atoms with van der Waals surface area (Å²) in [6.07, 6.45) is -4.41. The number of rotatable bonds is 5. The van der Waals surface area contributed by atoms with Crippen molar-refractivity contribution in [2.24, 2.45) is 0 Å². The summed E-state index contributed by atoms with van der Waals surface area (Å²) < 4.78 is 35.6. The number of thioether (sulfide) groups is 1. The van der Waals surface area contributed by atoms with E-state index in [0.29, 0.717) is 10.5 Å². The topological polar surface area (TPSA) is 46.2 Å². The molecule has 0 saturated heterocycles. The molecule has 104 valence electrons. The molecule has 0 aliphatic carbocycles. The molecule has 0 fully saturated rings. The molecular formula is C12H12F3NO2S. The van der Waals surface area contributed by atoms with Gasteiger partial charge in [-0.15, -0.1) is 11.8 Å². The number of benzene rings is 1. The van der Waals surface area contributed by atoms with Gasteiger partial charge in [-0.05, 0) is 19.1 Å². The summed E-state index contributed by atoms with van der Waals surface area (Å²) in [4.78, 5) is 23.0. The van der Waals surface area contributed by atoms with Crippen molar-refractivity contribution in [3.63, 3.8) is 0 Å². The van der Waals surface area contributed by atoms with Crippen LogP contribution in [0.3, 0.4) is 0 Å². The molecule has 1 aromatic carbocycles. The van der Waals surface area contributed by atoms with E-state index in [-0.39, 0.29) is 11.5 Å². The molecule has 0 bridgehead atoms. The van der Waals surface area contributed by atoms with Crippen LogP contribution in [0.4, 0.5) is 13.2 Å². The first-order valence-corrected chi connectivity index (χ1v) is 6.34. The normalized spacial score (nSPS) is 11.2. The summed E-state index contributed by atoms with van der Waals surface area (Å²) in [6, 6.07) is 6.58. The van der Waals surface area contributed by atoms with Gasteiger partial charge < -0.3 is 5.32 Å². The van der Waals surface area contributed by atoms with E-state index in [1.807, 2.05) is 0 Å². The Balaban J connectivity index is 2.46. The highest BCUT2D eigenvalue weighted by molar-refractivity contribution is 8.00. The molecule has 0 aliphatic heterocycles. The fraction of sp³-hybridized carbons (Fsp3) is 0.333. The molecule has 19 heavy (non-hydrogen) atoms. The van der Waals surface area contributed by atoms with E-state index in [0.717, 1.165) is 11.8 Å². The van der Waals surface area contributed by atoms with Crippen molar-refractivity contribution in [2.75, 3.05) is 12.3 Å². The van der Waals surface area contributed by atoms with Crippen LogP contribution in [0.25, 0.3) is 0 Å². The monoisotopic (exact) mass is 291 g/mol. The van der Waals surface area contributed by atoms with Gasteiger partial charge in [-0.1, -0.05) is 12.1 Å². The Morgan fingerprint density at radius 2 is 2.00 bits per heavy atom. The zero-order valence-corrected chi connectivity index (χ0v) is 10.9. The number of amides is 1. The minimum absolute atomic E-state index is 0.107. The number of Topliss-reactive ketones (excluding diaryl/α,β-unsaturated/α-hetero) is 1. The summed E-state index contributed by atoms with van der Waals surface area (Å²) in [5.74, 6) is -0.934. The van der Waals surface area contributed by atoms with Crippen molar-refractivity contribution < 1.29 is 22.8 Å². The first kappa shape index (κ1) is 15.6. The van der Waals surface area contributed by atoms with Gasteiger partial charge in [0.05, 0.1) is 5.75 Å². The molecule has 0 heterocycles. The lowest BCUT2D eigenvalue weighted by Crippen LogP contribution is -2.34. The van der Waals surface area contributed by atoms with Crippen LogP contribution in [-0.4, -0.2) is 30.2 Å². The largest absolute Gasteiger partial charge is 0.405 e. The number of carbonyl (C=O) groups is 2. The van der Waals surface area contributed by atoms with E-state index in [1.54, 1.807) is 29.6 Å². The molecule has 0 unspecified atom stereocenters. The highest BCUT2D eigenvalue weighted by Gasteiger charge is 2.27. The molecule has 1 rings (SSSR count). The summed E-state index contributed by atoms with van der Waals surface area (Å²) in [5.41, 5.74) is 0.501. The minimum Gasteiger partial charge on any atom is -0.346 e. The maximum absolute atomic E-state index is 11.9. The lowest BCUT2D eigenvalue weighted by atomic mass is 10.2. The number of halogens is 3. The second kappa shape index (κ2) is 6.60. The third-order valence-corrected chi connectivity index (χ3v) is 3.09. The van der Waals surface area contributed by atoms with Gasteiger partial charge >= 0.3 is 6.18 Å². The SMILES string of the molecule is CC(=O)c1cccc(SCC(=O)NCC(F)(F)F)c1. The first-order chi connectivity index (χ1) is 8.78. The highest BCUT2D eigenvalue weighted by Crippen LogP contribution is 2.19. The van der Waals surface area contributed by atoms with E-state index >= 15 is 0 Å². The number of hydrogen-bond acceptors (Lipinski definition) is 3. The Morgan fingerprint density at radius 1 is 1.32 bits per heavy atom. The molecular weight excluding hydrogens is 279 g/mol. The van der Waals surface area contributed by atoms with E-state index in [4.69, 9.17) is 0 Å². The molecule has 0 radical (unpaired) electrons. The van der Waals surface area contributed by atoms with Gasteiger partial charge in [0.1, 0.15) is 6.54 Å². The molecule has 1 N–H and O–H groups in total. The van der Waals surface area contributed by atoms with Crippen molar-refractivity contribution in [1.29, 1.82) is 0 Å². The first-order valence-electron chi connectivity index (χ1n) is 5.35. The number of carbonyl (C=O) groups excluding carboxylic acids is 2. The predicted molar refractivity (Wildman–Crippen MR) is 66.2 cm³/mol. The summed E-state index contributed by atoms with van der Waals surface area (Å²) in [7, 11) is 0. The lowest BCUT2D eigenvalue weighted by Gasteiger charge is -2.08. The Bertz CT molecular complexity index is 474. The van der Waals surface area contributed by atoms with Gasteiger partial charge in [0.15, 0.2) is 5.78 Å². The average Bonchev–Trinajstić information content (AvgIpc) is 2.33. The fourth-order valence-electron chi connectivity index (χ4n) is 1.20. The van der Waals surface area contributed by atoms with Crippen LogP contribution < -0.4 is 5.32 Å². The third-order valence-electron chi connectivity index (χ3n) is 2.10. The smallest absolute Gasteiger partial charge is 0.346 e. The molecule has 1 amide bonds. The molecule has 0 spiro atoms. The van der Waals surface area contributed by atoms with Gasteiger partial charge in [-0.2, -0.15) is 13.2 Å². The highest BCUT2D eigenvalue weighted by atomic mass is 32.2. The zero-order chi connectivity index (χ0) is 14.5. The van der Waals surface area contributed by atoms with Crippen LogP contribution in [0.5, 0.6) is 0 Å². The van der Waals surface area contributed by atoms with E-state index < -0.39 is 18.6 Å². The van der Waals surface area contributed by atoms with Crippen LogP contribution >= 0.6 is 11.8 Å². The Kier molecular flexibility index (Phi) is 5.41. The standard InChI is InChI=1S/C12H12F3NO2S/c1-8(17)9-3-2-4-10(5-9)19-6-11(18)16-7-12(13,14)15/h2-5H,6-7H2,1H3,(H,16,18). The quantitative estimate of drug-likeness (QED) is 0.670. The molecule has 1 aromatic rings. The van der Waals surface area contributed by atoms with Crippen molar-refractivity contribution in [3.8, 4) is 0 Å². The summed E-state index contributed by atoms with van der Waals surface area (Å²) >= 11 is 1.08. The average molecular weight is 291 g/mol. The van der Waals surface area contributed by atoms with Gasteiger partial charge in [-0.3, -0.25) is 9.59 Å². The number of nitrogens with one attached hydrogen (secondary N) is 1. The number of alkyl halides is 3. The maximum atomic E-state index is 11.9. The van der Waals surface area contributed by atoms with E-state index in [1.165, 1.54) is 6.92 Å². The molecule has 0 aromatic heterocycles. The van der Waals surface area contributed by atoms with Crippen LogP contribution in [0, 0.1) is 0 Å². The van der Waals surface area contributed by atoms with Gasteiger partial charge in [0.2, 0.25) is 5.91 Å². The minimum atomic E-state index is -4.41. The summed E-state index contributed by atoms with van der Waals surface area (Å²) in [5, 5.41) is 1.78. The van der Waals surface area contributed by atoms with Crippen molar-refractivity contribution in [2.45, 2.75) is 18.0 Å². The predicted octanol–water partition coefficient (Wildman–Crippen LogP) is 2.66. The number of ketones is 1.